The van der Waals surface area contributed by atoms with Crippen LogP contribution in [-0.4, -0.2) is 32.6 Å². The summed E-state index contributed by atoms with van der Waals surface area (Å²) in [6.45, 7) is -1.10. The van der Waals surface area contributed by atoms with Crippen molar-refractivity contribution >= 4 is 17.7 Å². The van der Waals surface area contributed by atoms with Crippen LogP contribution in [0.2, 0.25) is 0 Å². The molecule has 1 aliphatic carbocycles. The average molecular weight is 460 g/mol. The van der Waals surface area contributed by atoms with Gasteiger partial charge in [-0.05, 0) is 61.6 Å². The number of thioether (sulfide) groups is 1. The number of nitrogen functional groups attached to an aromatic ring is 1. The molecule has 0 spiro atoms. The second-order valence-electron chi connectivity index (χ2n) is 7.49. The molecule has 32 heavy (non-hydrogen) atoms. The normalized spacial score (nSPS) is 16.4. The highest BCUT2D eigenvalue weighted by Crippen LogP contribution is 2.31. The lowest BCUT2D eigenvalue weighted by Gasteiger charge is -2.27. The van der Waals surface area contributed by atoms with Crippen LogP contribution in [0.4, 0.5) is 8.78 Å². The third kappa shape index (κ3) is 4.85. The predicted octanol–water partition coefficient (Wildman–Crippen LogP) is 3.93. The van der Waals surface area contributed by atoms with Crippen LogP contribution >= 0.6 is 11.8 Å². The van der Waals surface area contributed by atoms with Crippen LogP contribution in [0.15, 0.2) is 53.7 Å². The van der Waals surface area contributed by atoms with Gasteiger partial charge >= 0.3 is 6.61 Å². The number of hydrogen-bond donors (Lipinski definition) is 2. The van der Waals surface area contributed by atoms with Gasteiger partial charge in [-0.2, -0.15) is 8.78 Å². The number of fused-ring (bicyclic) bond motifs is 1. The van der Waals surface area contributed by atoms with Crippen molar-refractivity contribution in [3.8, 4) is 17.1 Å². The molecule has 7 nitrogen and oxygen atoms in total. The maximum atomic E-state index is 12.8. The monoisotopic (exact) mass is 459 g/mol. The van der Waals surface area contributed by atoms with Gasteiger partial charge in [0.25, 0.3) is 0 Å². The van der Waals surface area contributed by atoms with Crippen molar-refractivity contribution in [2.24, 2.45) is 0 Å². The number of nitrogens with two attached hydrogens (primary N) is 1. The topological polar surface area (TPSA) is 95.1 Å². The third-order valence-electron chi connectivity index (χ3n) is 5.34. The van der Waals surface area contributed by atoms with Crippen LogP contribution in [0.5, 0.6) is 5.75 Å². The Bertz CT molecular complexity index is 1090. The van der Waals surface area contributed by atoms with E-state index in [0.717, 1.165) is 19.3 Å². The molecule has 0 radical (unpaired) electrons. The molecule has 0 aliphatic heterocycles. The molecule has 3 N–H and O–H groups in total. The summed E-state index contributed by atoms with van der Waals surface area (Å²) in [5.74, 6) is 6.43. The minimum atomic E-state index is -2.89. The Morgan fingerprint density at radius 3 is 2.72 bits per heavy atom. The summed E-state index contributed by atoms with van der Waals surface area (Å²) in [5.41, 5.74) is 3.04. The fourth-order valence-corrected chi connectivity index (χ4v) is 4.52. The van der Waals surface area contributed by atoms with E-state index in [4.69, 9.17) is 5.84 Å². The molecular formula is C22H23F2N5O2S. The molecular weight excluding hydrogens is 436 g/mol. The number of nitrogens with one attached hydrogen (secondary N) is 1. The number of amides is 1. The number of alkyl halides is 2. The lowest BCUT2D eigenvalue weighted by atomic mass is 9.88. The molecule has 0 bridgehead atoms. The molecule has 0 saturated heterocycles. The van der Waals surface area contributed by atoms with E-state index in [1.807, 2.05) is 12.1 Å². The Hall–Kier alpha value is -3.14. The van der Waals surface area contributed by atoms with Gasteiger partial charge in [-0.1, -0.05) is 36.0 Å². The summed E-state index contributed by atoms with van der Waals surface area (Å²) in [4.78, 5) is 12.8. The highest BCUT2D eigenvalue weighted by Gasteiger charge is 2.25. The first-order valence-corrected chi connectivity index (χ1v) is 11.1. The van der Waals surface area contributed by atoms with Gasteiger partial charge in [0, 0.05) is 5.56 Å². The molecule has 2 aromatic carbocycles. The molecule has 2 atom stereocenters. The second kappa shape index (κ2) is 9.56. The molecule has 2 unspecified atom stereocenters. The fourth-order valence-electron chi connectivity index (χ4n) is 3.74. The Labute approximate surface area is 188 Å². The van der Waals surface area contributed by atoms with Gasteiger partial charge in [0.2, 0.25) is 11.1 Å². The number of carbonyl (C=O) groups excluding carboxylic acids is 1. The number of benzene rings is 2. The number of halogens is 2. The van der Waals surface area contributed by atoms with Crippen molar-refractivity contribution in [3.63, 3.8) is 0 Å². The smallest absolute Gasteiger partial charge is 0.387 e. The molecule has 168 valence electrons. The summed E-state index contributed by atoms with van der Waals surface area (Å²) in [6.07, 6.45) is 2.97. The van der Waals surface area contributed by atoms with Crippen molar-refractivity contribution in [1.82, 2.24) is 20.2 Å². The number of nitrogens with zero attached hydrogens (tertiary/aromatic N) is 3. The average Bonchev–Trinajstić information content (AvgIpc) is 3.14. The SMILES string of the molecule is CC(Sc1nnc(-c2ccc(OC(F)F)cc2)n1N)C(=O)NC1CCCc2ccccc21. The molecule has 0 saturated carbocycles. The molecule has 1 heterocycles. The maximum absolute atomic E-state index is 12.8. The molecule has 0 fully saturated rings. The molecule has 1 amide bonds. The number of carbonyl (C=O) groups is 1. The zero-order valence-corrected chi connectivity index (χ0v) is 18.2. The number of aryl methyl sites for hydroxylation is 1. The van der Waals surface area contributed by atoms with E-state index in [1.54, 1.807) is 19.1 Å². The van der Waals surface area contributed by atoms with Crippen LogP contribution in [0.3, 0.4) is 0 Å². The van der Waals surface area contributed by atoms with Crippen molar-refractivity contribution < 1.29 is 18.3 Å². The summed E-state index contributed by atoms with van der Waals surface area (Å²) in [6, 6.07) is 14.1. The minimum absolute atomic E-state index is 0.00391. The van der Waals surface area contributed by atoms with E-state index in [9.17, 15) is 13.6 Å². The summed E-state index contributed by atoms with van der Waals surface area (Å²) in [5, 5.41) is 11.2. The standard InChI is InChI=1S/C22H23F2N5O2S/c1-13(20(30)26-18-8-4-6-14-5-2-3-7-17(14)18)32-22-28-27-19(29(22)25)15-9-11-16(12-10-15)31-21(23)24/h2-3,5,7,9-13,18,21H,4,6,8,25H2,1H3,(H,26,30). The zero-order chi connectivity index (χ0) is 22.7. The van der Waals surface area contributed by atoms with Crippen molar-refractivity contribution in [1.29, 1.82) is 0 Å². The third-order valence-corrected chi connectivity index (χ3v) is 6.40. The molecule has 4 rings (SSSR count). The largest absolute Gasteiger partial charge is 0.435 e. The van der Waals surface area contributed by atoms with Crippen LogP contribution in [0.1, 0.15) is 36.9 Å². The number of ether oxygens (including phenoxy) is 1. The van der Waals surface area contributed by atoms with E-state index in [-0.39, 0.29) is 17.7 Å². The van der Waals surface area contributed by atoms with Crippen molar-refractivity contribution in [3.05, 3.63) is 59.7 Å². The van der Waals surface area contributed by atoms with Gasteiger partial charge in [0.15, 0.2) is 5.82 Å². The first kappa shape index (κ1) is 22.1. The minimum Gasteiger partial charge on any atom is -0.435 e. The van der Waals surface area contributed by atoms with E-state index >= 15 is 0 Å². The molecule has 3 aromatic rings. The summed E-state index contributed by atoms with van der Waals surface area (Å²) < 4.78 is 30.3. The lowest BCUT2D eigenvalue weighted by molar-refractivity contribution is -0.121. The second-order valence-corrected chi connectivity index (χ2v) is 8.80. The van der Waals surface area contributed by atoms with Gasteiger partial charge in [0.1, 0.15) is 5.75 Å². The van der Waals surface area contributed by atoms with E-state index in [2.05, 4.69) is 32.4 Å². The number of hydrogen-bond acceptors (Lipinski definition) is 6. The van der Waals surface area contributed by atoms with Gasteiger partial charge in [-0.3, -0.25) is 4.79 Å². The Balaban J connectivity index is 1.41. The molecule has 1 aromatic heterocycles. The Morgan fingerprint density at radius 2 is 1.97 bits per heavy atom. The quantitative estimate of drug-likeness (QED) is 0.411. The highest BCUT2D eigenvalue weighted by molar-refractivity contribution is 8.00. The van der Waals surface area contributed by atoms with Crippen LogP contribution in [0, 0.1) is 0 Å². The Morgan fingerprint density at radius 1 is 1.22 bits per heavy atom. The van der Waals surface area contributed by atoms with E-state index in [0.29, 0.717) is 16.5 Å². The van der Waals surface area contributed by atoms with Crippen LogP contribution in [0.25, 0.3) is 11.4 Å². The Kier molecular flexibility index (Phi) is 6.59. The van der Waals surface area contributed by atoms with Crippen LogP contribution in [-0.2, 0) is 11.2 Å². The zero-order valence-electron chi connectivity index (χ0n) is 17.4. The van der Waals surface area contributed by atoms with Gasteiger partial charge < -0.3 is 15.9 Å². The summed E-state index contributed by atoms with van der Waals surface area (Å²) >= 11 is 1.20. The first-order chi connectivity index (χ1) is 15.4. The summed E-state index contributed by atoms with van der Waals surface area (Å²) in [7, 11) is 0. The van der Waals surface area contributed by atoms with Crippen LogP contribution < -0.4 is 15.9 Å². The lowest BCUT2D eigenvalue weighted by Crippen LogP contribution is -2.36. The predicted molar refractivity (Wildman–Crippen MR) is 118 cm³/mol. The van der Waals surface area contributed by atoms with E-state index < -0.39 is 11.9 Å². The first-order valence-electron chi connectivity index (χ1n) is 10.2. The molecule has 1 aliphatic rings. The van der Waals surface area contributed by atoms with Gasteiger partial charge in [-0.15, -0.1) is 10.2 Å². The van der Waals surface area contributed by atoms with Crippen molar-refractivity contribution in [2.75, 3.05) is 5.84 Å². The number of aromatic nitrogens is 3. The van der Waals surface area contributed by atoms with E-state index in [1.165, 1.54) is 39.7 Å². The van der Waals surface area contributed by atoms with Gasteiger partial charge in [0.05, 0.1) is 11.3 Å². The molecule has 10 heteroatoms. The van der Waals surface area contributed by atoms with Crippen molar-refractivity contribution in [2.45, 2.75) is 49.2 Å². The maximum Gasteiger partial charge on any atom is 0.387 e. The fraction of sp³-hybridized carbons (Fsp3) is 0.318. The number of rotatable bonds is 7. The van der Waals surface area contributed by atoms with Gasteiger partial charge in [-0.25, -0.2) is 4.68 Å². The highest BCUT2D eigenvalue weighted by atomic mass is 32.2.